The molecule has 1 amide bonds. The largest absolute Gasteiger partial charge is 0.508 e. The van der Waals surface area contributed by atoms with Gasteiger partial charge in [-0.3, -0.25) is 4.79 Å². The number of nitrogens with one attached hydrogen (secondary N) is 1. The molecule has 0 atom stereocenters. The highest BCUT2D eigenvalue weighted by Gasteiger charge is 2.09. The summed E-state index contributed by atoms with van der Waals surface area (Å²) in [6.07, 6.45) is 0. The molecule has 0 aromatic heterocycles. The first kappa shape index (κ1) is 14.6. The average molecular weight is 284 g/mol. The normalized spacial score (nSPS) is 11.2. The van der Waals surface area contributed by atoms with Crippen LogP contribution in [0.3, 0.4) is 0 Å². The molecule has 2 aromatic rings. The van der Waals surface area contributed by atoms with Crippen molar-refractivity contribution in [3.8, 4) is 11.5 Å². The molecule has 5 heteroatoms. The number of carbonyl (C=O) groups excluding carboxylic acids is 1. The number of phenolic OH excluding ortho intramolecular Hbond substituents is 2. The van der Waals surface area contributed by atoms with Crippen LogP contribution in [-0.4, -0.2) is 21.8 Å². The van der Waals surface area contributed by atoms with E-state index in [1.165, 1.54) is 18.2 Å². The van der Waals surface area contributed by atoms with Gasteiger partial charge in [0.15, 0.2) is 0 Å². The number of nitrogens with zero attached hydrogens (tertiary/aromatic N) is 1. The molecule has 0 aliphatic carbocycles. The Bertz CT molecular complexity index is 708. The van der Waals surface area contributed by atoms with Gasteiger partial charge in [0, 0.05) is 11.1 Å². The highest BCUT2D eigenvalue weighted by Crippen LogP contribution is 2.22. The molecular weight excluding hydrogens is 268 g/mol. The van der Waals surface area contributed by atoms with Crippen LogP contribution in [0.1, 0.15) is 28.4 Å². The topological polar surface area (TPSA) is 81.9 Å². The molecule has 0 saturated carbocycles. The Morgan fingerprint density at radius 1 is 1.10 bits per heavy atom. The number of carbonyl (C=O) groups is 1. The fraction of sp³-hybridized carbons (Fsp3) is 0.125. The van der Waals surface area contributed by atoms with E-state index in [1.807, 2.05) is 19.1 Å². The Balaban J connectivity index is 2.19. The number of rotatable bonds is 3. The van der Waals surface area contributed by atoms with Crippen molar-refractivity contribution in [1.82, 2.24) is 5.43 Å². The predicted molar refractivity (Wildman–Crippen MR) is 80.6 cm³/mol. The van der Waals surface area contributed by atoms with Crippen LogP contribution in [0, 0.1) is 6.92 Å². The lowest BCUT2D eigenvalue weighted by molar-refractivity contribution is 0.0954. The third-order valence-corrected chi connectivity index (χ3v) is 3.08. The minimum absolute atomic E-state index is 0.0146. The van der Waals surface area contributed by atoms with Gasteiger partial charge in [-0.05, 0) is 43.7 Å². The maximum atomic E-state index is 12.0. The van der Waals surface area contributed by atoms with Crippen LogP contribution < -0.4 is 5.43 Å². The van der Waals surface area contributed by atoms with Crippen molar-refractivity contribution in [3.05, 3.63) is 59.2 Å². The molecule has 3 N–H and O–H groups in total. The first-order valence-electron chi connectivity index (χ1n) is 6.41. The summed E-state index contributed by atoms with van der Waals surface area (Å²) in [5.41, 5.74) is 4.58. The van der Waals surface area contributed by atoms with E-state index in [1.54, 1.807) is 19.1 Å². The van der Waals surface area contributed by atoms with Gasteiger partial charge in [0.2, 0.25) is 0 Å². The van der Waals surface area contributed by atoms with Crippen molar-refractivity contribution in [2.75, 3.05) is 0 Å². The second kappa shape index (κ2) is 6.09. The Hall–Kier alpha value is -2.82. The number of aryl methyl sites for hydroxylation is 1. The fourth-order valence-electron chi connectivity index (χ4n) is 1.90. The maximum absolute atomic E-state index is 12.0. The van der Waals surface area contributed by atoms with Gasteiger partial charge < -0.3 is 10.2 Å². The molecular formula is C16H16N2O3. The molecule has 0 spiro atoms. The van der Waals surface area contributed by atoms with Crippen molar-refractivity contribution in [1.29, 1.82) is 0 Å². The van der Waals surface area contributed by atoms with Gasteiger partial charge >= 0.3 is 0 Å². The number of hydrazone groups is 1. The molecule has 0 saturated heterocycles. The SMILES string of the molecule is C/C(=N/NC(=O)c1ccccc1C)c1cc(O)ccc1O. The van der Waals surface area contributed by atoms with Crippen LogP contribution in [0.15, 0.2) is 47.6 Å². The smallest absolute Gasteiger partial charge is 0.271 e. The van der Waals surface area contributed by atoms with Crippen molar-refractivity contribution < 1.29 is 15.0 Å². The second-order valence-electron chi connectivity index (χ2n) is 4.65. The molecule has 108 valence electrons. The van der Waals surface area contributed by atoms with Gasteiger partial charge in [-0.2, -0.15) is 5.10 Å². The molecule has 0 bridgehead atoms. The molecule has 2 aromatic carbocycles. The van der Waals surface area contributed by atoms with Gasteiger partial charge in [-0.25, -0.2) is 5.43 Å². The van der Waals surface area contributed by atoms with Crippen molar-refractivity contribution in [2.24, 2.45) is 5.10 Å². The Labute approximate surface area is 122 Å². The highest BCUT2D eigenvalue weighted by molar-refractivity contribution is 6.03. The van der Waals surface area contributed by atoms with Crippen LogP contribution in [0.2, 0.25) is 0 Å². The first-order valence-corrected chi connectivity index (χ1v) is 6.41. The minimum Gasteiger partial charge on any atom is -0.508 e. The molecule has 0 heterocycles. The molecule has 21 heavy (non-hydrogen) atoms. The summed E-state index contributed by atoms with van der Waals surface area (Å²) in [7, 11) is 0. The minimum atomic E-state index is -0.327. The quantitative estimate of drug-likeness (QED) is 0.460. The van der Waals surface area contributed by atoms with Crippen molar-refractivity contribution in [3.63, 3.8) is 0 Å². The summed E-state index contributed by atoms with van der Waals surface area (Å²) in [4.78, 5) is 12.0. The number of hydrogen-bond acceptors (Lipinski definition) is 4. The van der Waals surface area contributed by atoms with E-state index in [0.717, 1.165) is 5.56 Å². The van der Waals surface area contributed by atoms with Gasteiger partial charge in [0.1, 0.15) is 11.5 Å². The van der Waals surface area contributed by atoms with Crippen LogP contribution in [0.25, 0.3) is 0 Å². The van der Waals surface area contributed by atoms with Gasteiger partial charge in [-0.15, -0.1) is 0 Å². The van der Waals surface area contributed by atoms with Crippen LogP contribution >= 0.6 is 0 Å². The zero-order chi connectivity index (χ0) is 15.4. The van der Waals surface area contributed by atoms with Crippen LogP contribution in [-0.2, 0) is 0 Å². The third kappa shape index (κ3) is 3.39. The summed E-state index contributed by atoms with van der Waals surface area (Å²) in [5.74, 6) is -0.325. The Morgan fingerprint density at radius 2 is 1.81 bits per heavy atom. The molecule has 0 aliphatic heterocycles. The lowest BCUT2D eigenvalue weighted by Crippen LogP contribution is -2.20. The summed E-state index contributed by atoms with van der Waals surface area (Å²) in [5, 5.41) is 23.1. The number of hydrogen-bond donors (Lipinski definition) is 3. The number of benzene rings is 2. The number of aromatic hydroxyl groups is 2. The predicted octanol–water partition coefficient (Wildman–Crippen LogP) is 2.56. The van der Waals surface area contributed by atoms with Crippen molar-refractivity contribution in [2.45, 2.75) is 13.8 Å². The van der Waals surface area contributed by atoms with Gasteiger partial charge in [-0.1, -0.05) is 18.2 Å². The molecule has 0 radical (unpaired) electrons. The van der Waals surface area contributed by atoms with Crippen molar-refractivity contribution >= 4 is 11.6 Å². The highest BCUT2D eigenvalue weighted by atomic mass is 16.3. The Kier molecular flexibility index (Phi) is 4.23. The van der Waals surface area contributed by atoms with Crippen LogP contribution in [0.4, 0.5) is 0 Å². The summed E-state index contributed by atoms with van der Waals surface area (Å²) >= 11 is 0. The summed E-state index contributed by atoms with van der Waals surface area (Å²) in [6.45, 7) is 3.47. The molecule has 0 aliphatic rings. The summed E-state index contributed by atoms with van der Waals surface area (Å²) < 4.78 is 0. The molecule has 2 rings (SSSR count). The maximum Gasteiger partial charge on any atom is 0.271 e. The standard InChI is InChI=1S/C16H16N2O3/c1-10-5-3-4-6-13(10)16(21)18-17-11(2)14-9-12(19)7-8-15(14)20/h3-9,19-20H,1-2H3,(H,18,21)/b17-11-. The Morgan fingerprint density at radius 3 is 2.52 bits per heavy atom. The van der Waals surface area contributed by atoms with E-state index in [4.69, 9.17) is 0 Å². The van der Waals surface area contributed by atoms with Crippen LogP contribution in [0.5, 0.6) is 11.5 Å². The zero-order valence-electron chi connectivity index (χ0n) is 11.8. The molecule has 0 unspecified atom stereocenters. The van der Waals surface area contributed by atoms with E-state index in [2.05, 4.69) is 10.5 Å². The number of amides is 1. The molecule has 0 fully saturated rings. The van der Waals surface area contributed by atoms with E-state index in [9.17, 15) is 15.0 Å². The van der Waals surface area contributed by atoms with Gasteiger partial charge in [0.05, 0.1) is 5.71 Å². The van der Waals surface area contributed by atoms with E-state index in [0.29, 0.717) is 16.8 Å². The monoisotopic (exact) mass is 284 g/mol. The zero-order valence-corrected chi connectivity index (χ0v) is 11.8. The molecule has 5 nitrogen and oxygen atoms in total. The first-order chi connectivity index (χ1) is 9.99. The van der Waals surface area contributed by atoms with Gasteiger partial charge in [0.25, 0.3) is 5.91 Å². The fourth-order valence-corrected chi connectivity index (χ4v) is 1.90. The second-order valence-corrected chi connectivity index (χ2v) is 4.65. The van der Waals surface area contributed by atoms with E-state index in [-0.39, 0.29) is 17.4 Å². The third-order valence-electron chi connectivity index (χ3n) is 3.08. The lowest BCUT2D eigenvalue weighted by Gasteiger charge is -2.07. The van der Waals surface area contributed by atoms with E-state index >= 15 is 0 Å². The summed E-state index contributed by atoms with van der Waals surface area (Å²) in [6, 6.07) is 11.3. The number of phenols is 2. The lowest BCUT2D eigenvalue weighted by atomic mass is 10.1. The average Bonchev–Trinajstić information content (AvgIpc) is 2.47. The van der Waals surface area contributed by atoms with E-state index < -0.39 is 0 Å².